The molecule has 5 nitrogen and oxygen atoms in total. The Morgan fingerprint density at radius 1 is 1.11 bits per heavy atom. The minimum absolute atomic E-state index is 0.0360. The van der Waals surface area contributed by atoms with Gasteiger partial charge in [-0.05, 0) is 79.4 Å². The summed E-state index contributed by atoms with van der Waals surface area (Å²) < 4.78 is 4.90. The van der Waals surface area contributed by atoms with Gasteiger partial charge in [0.05, 0.1) is 7.11 Å². The number of hydrogen-bond acceptors (Lipinski definition) is 4. The molecule has 4 bridgehead atoms. The van der Waals surface area contributed by atoms with Crippen LogP contribution in [0.2, 0.25) is 0 Å². The molecule has 0 radical (unpaired) electrons. The highest BCUT2D eigenvalue weighted by atomic mass is 16.5. The Morgan fingerprint density at radius 3 is 2.19 bits per heavy atom. The molecule has 2 N–H and O–H groups in total. The Hall–Kier alpha value is -2.04. The molecule has 0 spiro atoms. The lowest BCUT2D eigenvalue weighted by molar-refractivity contribution is -0.146. The first-order valence-corrected chi connectivity index (χ1v) is 10.1. The van der Waals surface area contributed by atoms with E-state index in [0.717, 1.165) is 23.3 Å². The number of ether oxygens (including phenoxy) is 1. The number of nitrogens with one attached hydrogen (secondary N) is 1. The van der Waals surface area contributed by atoms with Gasteiger partial charge in [-0.1, -0.05) is 12.1 Å². The summed E-state index contributed by atoms with van der Waals surface area (Å²) in [5.41, 5.74) is 1.02. The quantitative estimate of drug-likeness (QED) is 0.753. The molecule has 0 aromatic heterocycles. The number of esters is 1. The SMILES string of the molecule is COC(=O)C(Cc1ccc(O)cc1)NC(=O)CC12CC3CC(CC(C3)C1)C2. The number of aromatic hydroxyl groups is 1. The van der Waals surface area contributed by atoms with Gasteiger partial charge in [-0.15, -0.1) is 0 Å². The van der Waals surface area contributed by atoms with Gasteiger partial charge in [-0.2, -0.15) is 0 Å². The van der Waals surface area contributed by atoms with Crippen LogP contribution in [0.1, 0.15) is 50.5 Å². The summed E-state index contributed by atoms with van der Waals surface area (Å²) in [5, 5.41) is 12.3. The Balaban J connectivity index is 1.41. The van der Waals surface area contributed by atoms with Crippen molar-refractivity contribution in [3.63, 3.8) is 0 Å². The third kappa shape index (κ3) is 3.97. The number of phenolic OH excluding ortho intramolecular Hbond substituents is 1. The summed E-state index contributed by atoms with van der Waals surface area (Å²) in [6, 6.07) is 6.00. The number of amides is 1. The van der Waals surface area contributed by atoms with E-state index in [1.165, 1.54) is 45.6 Å². The molecule has 0 aliphatic heterocycles. The van der Waals surface area contributed by atoms with E-state index in [9.17, 15) is 14.7 Å². The van der Waals surface area contributed by atoms with Crippen LogP contribution < -0.4 is 5.32 Å². The molecule has 1 atom stereocenters. The Labute approximate surface area is 160 Å². The van der Waals surface area contributed by atoms with E-state index in [1.54, 1.807) is 24.3 Å². The summed E-state index contributed by atoms with van der Waals surface area (Å²) in [6.07, 6.45) is 8.47. The molecule has 1 aromatic rings. The fourth-order valence-corrected chi connectivity index (χ4v) is 6.30. The summed E-state index contributed by atoms with van der Waals surface area (Å²) >= 11 is 0. The van der Waals surface area contributed by atoms with E-state index in [-0.39, 0.29) is 17.1 Å². The van der Waals surface area contributed by atoms with Crippen LogP contribution in [0.15, 0.2) is 24.3 Å². The van der Waals surface area contributed by atoms with Gasteiger partial charge in [-0.3, -0.25) is 4.79 Å². The first-order valence-electron chi connectivity index (χ1n) is 10.1. The molecule has 5 rings (SSSR count). The van der Waals surface area contributed by atoms with Crippen LogP contribution in [-0.2, 0) is 20.7 Å². The van der Waals surface area contributed by atoms with Gasteiger partial charge < -0.3 is 15.2 Å². The van der Waals surface area contributed by atoms with Gasteiger partial charge >= 0.3 is 5.97 Å². The van der Waals surface area contributed by atoms with Crippen LogP contribution in [0.4, 0.5) is 0 Å². The van der Waals surface area contributed by atoms with E-state index in [1.807, 2.05) is 0 Å². The molecular weight excluding hydrogens is 342 g/mol. The molecule has 0 saturated heterocycles. The molecule has 4 fully saturated rings. The minimum atomic E-state index is -0.694. The van der Waals surface area contributed by atoms with Crippen LogP contribution in [-0.4, -0.2) is 30.1 Å². The van der Waals surface area contributed by atoms with Crippen molar-refractivity contribution in [3.05, 3.63) is 29.8 Å². The lowest BCUT2D eigenvalue weighted by Gasteiger charge is -2.56. The van der Waals surface area contributed by atoms with Gasteiger partial charge in [0.2, 0.25) is 5.91 Å². The lowest BCUT2D eigenvalue weighted by Crippen LogP contribution is -2.50. The van der Waals surface area contributed by atoms with E-state index in [4.69, 9.17) is 4.74 Å². The molecule has 146 valence electrons. The second-order valence-corrected chi connectivity index (χ2v) is 9.11. The predicted octanol–water partition coefficient (Wildman–Crippen LogP) is 3.20. The maximum absolute atomic E-state index is 12.8. The standard InChI is InChI=1S/C22H29NO4/c1-27-21(26)19(9-14-2-4-18(24)5-3-14)23-20(25)13-22-10-15-6-16(11-22)8-17(7-15)12-22/h2-5,15-17,19,24H,6-13H2,1H3,(H,23,25). The van der Waals surface area contributed by atoms with Crippen LogP contribution >= 0.6 is 0 Å². The highest BCUT2D eigenvalue weighted by Crippen LogP contribution is 2.61. The van der Waals surface area contributed by atoms with Gasteiger partial charge in [0.1, 0.15) is 11.8 Å². The summed E-state index contributed by atoms with van der Waals surface area (Å²) in [4.78, 5) is 25.0. The Kier molecular flexibility index (Phi) is 4.87. The number of methoxy groups -OCH3 is 1. The van der Waals surface area contributed by atoms with Crippen molar-refractivity contribution in [1.82, 2.24) is 5.32 Å². The van der Waals surface area contributed by atoms with Crippen LogP contribution in [0.3, 0.4) is 0 Å². The summed E-state index contributed by atoms with van der Waals surface area (Å²) in [7, 11) is 1.34. The fraction of sp³-hybridized carbons (Fsp3) is 0.636. The van der Waals surface area contributed by atoms with Gasteiger partial charge in [-0.25, -0.2) is 4.79 Å². The molecule has 4 aliphatic carbocycles. The van der Waals surface area contributed by atoms with Crippen molar-refractivity contribution < 1.29 is 19.4 Å². The number of phenols is 1. The highest BCUT2D eigenvalue weighted by Gasteiger charge is 2.51. The average Bonchev–Trinajstić information content (AvgIpc) is 2.60. The Bertz CT molecular complexity index is 676. The zero-order valence-corrected chi connectivity index (χ0v) is 15.9. The van der Waals surface area contributed by atoms with Crippen LogP contribution in [0.5, 0.6) is 5.75 Å². The molecule has 27 heavy (non-hydrogen) atoms. The molecule has 1 amide bonds. The van der Waals surface area contributed by atoms with Crippen molar-refractivity contribution in [2.75, 3.05) is 7.11 Å². The molecule has 5 heteroatoms. The zero-order valence-electron chi connectivity index (χ0n) is 15.9. The van der Waals surface area contributed by atoms with E-state index >= 15 is 0 Å². The maximum atomic E-state index is 12.8. The zero-order chi connectivity index (χ0) is 19.0. The lowest BCUT2D eigenvalue weighted by atomic mass is 9.49. The minimum Gasteiger partial charge on any atom is -0.508 e. The highest BCUT2D eigenvalue weighted by molar-refractivity contribution is 5.85. The van der Waals surface area contributed by atoms with E-state index < -0.39 is 12.0 Å². The second-order valence-electron chi connectivity index (χ2n) is 9.11. The summed E-state index contributed by atoms with van der Waals surface area (Å²) in [6.45, 7) is 0. The Morgan fingerprint density at radius 2 is 1.67 bits per heavy atom. The third-order valence-corrected chi connectivity index (χ3v) is 6.90. The summed E-state index contributed by atoms with van der Waals surface area (Å²) in [5.74, 6) is 2.12. The number of carbonyl (C=O) groups is 2. The largest absolute Gasteiger partial charge is 0.508 e. The number of benzene rings is 1. The number of rotatable bonds is 6. The smallest absolute Gasteiger partial charge is 0.328 e. The molecule has 1 unspecified atom stereocenters. The van der Waals surface area contributed by atoms with Crippen molar-refractivity contribution in [2.45, 2.75) is 57.4 Å². The first-order chi connectivity index (χ1) is 12.9. The van der Waals surface area contributed by atoms with Crippen molar-refractivity contribution in [2.24, 2.45) is 23.2 Å². The normalized spacial score (nSPS) is 32.1. The first kappa shape index (κ1) is 18.3. The molecule has 1 aromatic carbocycles. The molecule has 4 aliphatic rings. The van der Waals surface area contributed by atoms with Crippen molar-refractivity contribution in [3.8, 4) is 5.75 Å². The molecular formula is C22H29NO4. The van der Waals surface area contributed by atoms with E-state index in [2.05, 4.69) is 5.32 Å². The van der Waals surface area contributed by atoms with E-state index in [0.29, 0.717) is 12.8 Å². The topological polar surface area (TPSA) is 75.6 Å². The van der Waals surface area contributed by atoms with Crippen LogP contribution in [0, 0.1) is 23.2 Å². The number of carbonyl (C=O) groups excluding carboxylic acids is 2. The molecule has 0 heterocycles. The van der Waals surface area contributed by atoms with Gasteiger partial charge in [0.25, 0.3) is 0 Å². The fourth-order valence-electron chi connectivity index (χ4n) is 6.30. The number of hydrogen-bond donors (Lipinski definition) is 2. The third-order valence-electron chi connectivity index (χ3n) is 6.90. The second kappa shape index (κ2) is 7.17. The van der Waals surface area contributed by atoms with Gasteiger partial charge in [0.15, 0.2) is 0 Å². The van der Waals surface area contributed by atoms with Gasteiger partial charge in [0, 0.05) is 12.8 Å². The monoisotopic (exact) mass is 371 g/mol. The van der Waals surface area contributed by atoms with Crippen molar-refractivity contribution in [1.29, 1.82) is 0 Å². The van der Waals surface area contributed by atoms with Crippen LogP contribution in [0.25, 0.3) is 0 Å². The maximum Gasteiger partial charge on any atom is 0.328 e. The molecule has 4 saturated carbocycles. The average molecular weight is 371 g/mol. The predicted molar refractivity (Wildman–Crippen MR) is 101 cm³/mol. The van der Waals surface area contributed by atoms with Crippen molar-refractivity contribution >= 4 is 11.9 Å².